The lowest BCUT2D eigenvalue weighted by molar-refractivity contribution is -0.139. The van der Waals surface area contributed by atoms with Crippen molar-refractivity contribution in [3.8, 4) is 0 Å². The average Bonchev–Trinajstić information content (AvgIpc) is 2.68. The normalized spacial score (nSPS) is 19.6. The molecule has 0 radical (unpaired) electrons. The molecule has 0 saturated carbocycles. The van der Waals surface area contributed by atoms with Crippen LogP contribution in [-0.2, 0) is 18.8 Å². The molecule has 1 fully saturated rings. The fourth-order valence-corrected chi connectivity index (χ4v) is 2.12. The predicted octanol–water partition coefficient (Wildman–Crippen LogP) is 2.56. The van der Waals surface area contributed by atoms with Crippen molar-refractivity contribution in [1.29, 1.82) is 0 Å². The second-order valence-corrected chi connectivity index (χ2v) is 6.44. The van der Waals surface area contributed by atoms with Gasteiger partial charge < -0.3 is 14.0 Å². The topological polar surface area (TPSA) is 44.8 Å². The summed E-state index contributed by atoms with van der Waals surface area (Å²) in [6.45, 7) is 8.15. The van der Waals surface area contributed by atoms with Crippen molar-refractivity contribution in [1.82, 2.24) is 0 Å². The molecule has 0 aromatic heterocycles. The van der Waals surface area contributed by atoms with Crippen molar-refractivity contribution in [3.63, 3.8) is 0 Å². The molecule has 1 aromatic carbocycles. The zero-order valence-corrected chi connectivity index (χ0v) is 13.9. The van der Waals surface area contributed by atoms with Crippen molar-refractivity contribution in [2.75, 3.05) is 7.11 Å². The standard InChI is InChI=1S/C17H23BO4/c1-16(2)17(3,4)22-18(21-16)14-11-9-13(10-12-14)7-6-8-15(19)20-5/h6-7,9-12H,8H2,1-5H3. The average molecular weight is 302 g/mol. The van der Waals surface area contributed by atoms with E-state index < -0.39 is 0 Å². The summed E-state index contributed by atoms with van der Waals surface area (Å²) in [5.74, 6) is -0.245. The van der Waals surface area contributed by atoms with Crippen LogP contribution in [0.1, 0.15) is 39.7 Å². The maximum Gasteiger partial charge on any atom is 0.494 e. The summed E-state index contributed by atoms with van der Waals surface area (Å²) >= 11 is 0. The highest BCUT2D eigenvalue weighted by molar-refractivity contribution is 6.62. The number of benzene rings is 1. The molecule has 0 aliphatic carbocycles. The van der Waals surface area contributed by atoms with Gasteiger partial charge in [0.2, 0.25) is 0 Å². The minimum atomic E-state index is -0.349. The maximum absolute atomic E-state index is 11.0. The quantitative estimate of drug-likeness (QED) is 0.633. The van der Waals surface area contributed by atoms with Gasteiger partial charge in [-0.3, -0.25) is 4.79 Å². The maximum atomic E-state index is 11.0. The Morgan fingerprint density at radius 2 is 1.68 bits per heavy atom. The summed E-state index contributed by atoms with van der Waals surface area (Å²) in [4.78, 5) is 11.0. The molecule has 0 bridgehead atoms. The minimum absolute atomic E-state index is 0.245. The molecule has 5 heteroatoms. The molecule has 0 unspecified atom stereocenters. The number of carbonyl (C=O) groups excluding carboxylic acids is 1. The van der Waals surface area contributed by atoms with Gasteiger partial charge in [-0.2, -0.15) is 0 Å². The first-order chi connectivity index (χ1) is 10.2. The first kappa shape index (κ1) is 16.8. The molecule has 0 N–H and O–H groups in total. The van der Waals surface area contributed by atoms with E-state index >= 15 is 0 Å². The predicted molar refractivity (Wildman–Crippen MR) is 87.8 cm³/mol. The van der Waals surface area contributed by atoms with Gasteiger partial charge in [-0.15, -0.1) is 0 Å². The van der Waals surface area contributed by atoms with E-state index in [0.717, 1.165) is 11.0 Å². The molecule has 1 aliphatic heterocycles. The van der Waals surface area contributed by atoms with Gasteiger partial charge in [-0.1, -0.05) is 36.4 Å². The van der Waals surface area contributed by atoms with Crippen LogP contribution in [0, 0.1) is 0 Å². The van der Waals surface area contributed by atoms with Gasteiger partial charge in [-0.25, -0.2) is 0 Å². The molecule has 1 aromatic rings. The van der Waals surface area contributed by atoms with Gasteiger partial charge in [0.25, 0.3) is 0 Å². The summed E-state index contributed by atoms with van der Waals surface area (Å²) in [6, 6.07) is 7.93. The molecule has 1 saturated heterocycles. The van der Waals surface area contributed by atoms with Gasteiger partial charge in [0, 0.05) is 0 Å². The van der Waals surface area contributed by atoms with E-state index in [9.17, 15) is 4.79 Å². The van der Waals surface area contributed by atoms with Crippen molar-refractivity contribution in [2.45, 2.75) is 45.3 Å². The Hall–Kier alpha value is -1.59. The van der Waals surface area contributed by atoms with Crippen LogP contribution >= 0.6 is 0 Å². The Bertz CT molecular complexity index is 545. The van der Waals surface area contributed by atoms with Gasteiger partial charge in [0.15, 0.2) is 0 Å². The molecular formula is C17H23BO4. The Morgan fingerprint density at radius 1 is 1.14 bits per heavy atom. The van der Waals surface area contributed by atoms with E-state index in [4.69, 9.17) is 9.31 Å². The SMILES string of the molecule is COC(=O)CC=Cc1ccc(B2OC(C)(C)C(C)(C)O2)cc1. The lowest BCUT2D eigenvalue weighted by atomic mass is 9.79. The first-order valence-electron chi connectivity index (χ1n) is 7.44. The molecule has 0 amide bonds. The zero-order valence-electron chi connectivity index (χ0n) is 13.9. The molecule has 2 rings (SSSR count). The van der Waals surface area contributed by atoms with E-state index in [1.165, 1.54) is 7.11 Å². The Balaban J connectivity index is 2.03. The smallest absolute Gasteiger partial charge is 0.469 e. The largest absolute Gasteiger partial charge is 0.494 e. The van der Waals surface area contributed by atoms with Crippen LogP contribution in [0.5, 0.6) is 0 Å². The number of carbonyl (C=O) groups is 1. The zero-order chi connectivity index (χ0) is 16.4. The van der Waals surface area contributed by atoms with Gasteiger partial charge in [-0.05, 0) is 38.7 Å². The van der Waals surface area contributed by atoms with E-state index in [-0.39, 0.29) is 30.7 Å². The molecule has 1 heterocycles. The third-order valence-corrected chi connectivity index (χ3v) is 4.28. The van der Waals surface area contributed by atoms with E-state index in [0.29, 0.717) is 0 Å². The van der Waals surface area contributed by atoms with Crippen LogP contribution in [0.3, 0.4) is 0 Å². The lowest BCUT2D eigenvalue weighted by Gasteiger charge is -2.32. The highest BCUT2D eigenvalue weighted by atomic mass is 16.7. The second-order valence-electron chi connectivity index (χ2n) is 6.44. The van der Waals surface area contributed by atoms with Gasteiger partial charge >= 0.3 is 13.1 Å². The Kier molecular flexibility index (Phi) is 4.78. The molecule has 22 heavy (non-hydrogen) atoms. The van der Waals surface area contributed by atoms with Crippen LogP contribution in [0.25, 0.3) is 6.08 Å². The van der Waals surface area contributed by atoms with E-state index in [2.05, 4.69) is 4.74 Å². The van der Waals surface area contributed by atoms with Crippen LogP contribution in [0.2, 0.25) is 0 Å². The highest BCUT2D eigenvalue weighted by Crippen LogP contribution is 2.36. The van der Waals surface area contributed by atoms with Crippen LogP contribution in [-0.4, -0.2) is 31.4 Å². The molecular weight excluding hydrogens is 279 g/mol. The Labute approximate surface area is 132 Å². The monoisotopic (exact) mass is 302 g/mol. The van der Waals surface area contributed by atoms with E-state index in [1.807, 2.05) is 58.0 Å². The molecule has 0 spiro atoms. The van der Waals surface area contributed by atoms with Crippen molar-refractivity contribution >= 4 is 24.6 Å². The number of hydrogen-bond acceptors (Lipinski definition) is 4. The fourth-order valence-electron chi connectivity index (χ4n) is 2.12. The molecule has 0 atom stereocenters. The summed E-state index contributed by atoms with van der Waals surface area (Å²) in [5, 5.41) is 0. The van der Waals surface area contributed by atoms with Gasteiger partial charge in [0.1, 0.15) is 0 Å². The molecule has 1 aliphatic rings. The van der Waals surface area contributed by atoms with Crippen molar-refractivity contribution in [2.24, 2.45) is 0 Å². The number of esters is 1. The third kappa shape index (κ3) is 3.59. The number of rotatable bonds is 4. The van der Waals surface area contributed by atoms with Crippen LogP contribution in [0.4, 0.5) is 0 Å². The minimum Gasteiger partial charge on any atom is -0.469 e. The summed E-state index contributed by atoms with van der Waals surface area (Å²) < 4.78 is 16.6. The van der Waals surface area contributed by atoms with Crippen LogP contribution in [0.15, 0.2) is 30.3 Å². The Morgan fingerprint density at radius 3 is 2.18 bits per heavy atom. The molecule has 4 nitrogen and oxygen atoms in total. The number of ether oxygens (including phenoxy) is 1. The molecule has 118 valence electrons. The number of methoxy groups -OCH3 is 1. The van der Waals surface area contributed by atoms with Gasteiger partial charge in [0.05, 0.1) is 24.7 Å². The fraction of sp³-hybridized carbons (Fsp3) is 0.471. The van der Waals surface area contributed by atoms with Crippen molar-refractivity contribution < 1.29 is 18.8 Å². The van der Waals surface area contributed by atoms with Crippen LogP contribution < -0.4 is 5.46 Å². The van der Waals surface area contributed by atoms with E-state index in [1.54, 1.807) is 6.08 Å². The summed E-state index contributed by atoms with van der Waals surface area (Å²) in [6.07, 6.45) is 3.95. The lowest BCUT2D eigenvalue weighted by Crippen LogP contribution is -2.41. The third-order valence-electron chi connectivity index (χ3n) is 4.28. The first-order valence-corrected chi connectivity index (χ1v) is 7.44. The summed E-state index contributed by atoms with van der Waals surface area (Å²) in [7, 11) is 1.04. The van der Waals surface area contributed by atoms with Crippen molar-refractivity contribution in [3.05, 3.63) is 35.9 Å². The highest BCUT2D eigenvalue weighted by Gasteiger charge is 2.51. The summed E-state index contributed by atoms with van der Waals surface area (Å²) in [5.41, 5.74) is 1.33. The number of hydrogen-bond donors (Lipinski definition) is 0. The second kappa shape index (κ2) is 6.27.